The minimum Gasteiger partial charge on any atom is -0.493 e. The number of hydrogen-bond acceptors (Lipinski definition) is 3. The first-order valence-electron chi connectivity index (χ1n) is 6.43. The van der Waals surface area contributed by atoms with Gasteiger partial charge in [0.05, 0.1) is 6.61 Å². The van der Waals surface area contributed by atoms with E-state index in [1.54, 1.807) is 0 Å². The number of rotatable bonds is 6. The van der Waals surface area contributed by atoms with Crippen molar-refractivity contribution in [2.24, 2.45) is 5.73 Å². The van der Waals surface area contributed by atoms with Crippen molar-refractivity contribution in [1.82, 2.24) is 4.90 Å². The molecule has 1 aliphatic heterocycles. The topological polar surface area (TPSA) is 38.5 Å². The summed E-state index contributed by atoms with van der Waals surface area (Å²) in [6.07, 6.45) is 3.40. The molecule has 1 aromatic rings. The highest BCUT2D eigenvalue weighted by Gasteiger charge is 2.11. The van der Waals surface area contributed by atoms with Gasteiger partial charge in [-0.3, -0.25) is 0 Å². The minimum absolute atomic E-state index is 0.743. The van der Waals surface area contributed by atoms with Crippen LogP contribution in [0.3, 0.4) is 0 Å². The zero-order valence-corrected chi connectivity index (χ0v) is 10.6. The van der Waals surface area contributed by atoms with Crippen molar-refractivity contribution in [2.75, 3.05) is 33.3 Å². The lowest BCUT2D eigenvalue weighted by atomic mass is 10.0. The fourth-order valence-electron chi connectivity index (χ4n) is 2.28. The van der Waals surface area contributed by atoms with Crippen LogP contribution in [0.15, 0.2) is 18.2 Å². The third kappa shape index (κ3) is 3.45. The zero-order valence-electron chi connectivity index (χ0n) is 10.6. The average Bonchev–Trinajstić information content (AvgIpc) is 2.76. The Labute approximate surface area is 104 Å². The number of nitrogens with two attached hydrogens (primary N) is 1. The van der Waals surface area contributed by atoms with Crippen LogP contribution in [0.5, 0.6) is 5.75 Å². The van der Waals surface area contributed by atoms with E-state index >= 15 is 0 Å². The van der Waals surface area contributed by atoms with Gasteiger partial charge in [-0.15, -0.1) is 0 Å². The lowest BCUT2D eigenvalue weighted by molar-refractivity contribution is 0.338. The monoisotopic (exact) mass is 234 g/mol. The van der Waals surface area contributed by atoms with Crippen molar-refractivity contribution in [2.45, 2.75) is 19.3 Å². The van der Waals surface area contributed by atoms with Crippen LogP contribution < -0.4 is 10.5 Å². The molecule has 0 radical (unpaired) electrons. The van der Waals surface area contributed by atoms with Gasteiger partial charge in [-0.2, -0.15) is 0 Å². The number of benzene rings is 1. The fourth-order valence-corrected chi connectivity index (χ4v) is 2.28. The standard InChI is InChI=1S/C14H22N2O/c1-16(9-7-15)8-2-3-12-4-5-14-13(11-12)6-10-17-14/h4-5,11H,2-3,6-10,15H2,1H3. The predicted molar refractivity (Wildman–Crippen MR) is 70.5 cm³/mol. The smallest absolute Gasteiger partial charge is 0.122 e. The number of likely N-dealkylation sites (N-methyl/N-ethyl adjacent to an activating group) is 1. The second-order valence-corrected chi connectivity index (χ2v) is 4.74. The van der Waals surface area contributed by atoms with Gasteiger partial charge < -0.3 is 15.4 Å². The summed E-state index contributed by atoms with van der Waals surface area (Å²) in [5.74, 6) is 1.08. The first kappa shape index (κ1) is 12.4. The van der Waals surface area contributed by atoms with Crippen molar-refractivity contribution in [3.8, 4) is 5.75 Å². The molecular weight excluding hydrogens is 212 g/mol. The predicted octanol–water partition coefficient (Wildman–Crippen LogP) is 1.44. The molecule has 0 atom stereocenters. The quantitative estimate of drug-likeness (QED) is 0.809. The highest BCUT2D eigenvalue weighted by atomic mass is 16.5. The second kappa shape index (κ2) is 6.03. The van der Waals surface area contributed by atoms with E-state index in [1.165, 1.54) is 17.5 Å². The summed E-state index contributed by atoms with van der Waals surface area (Å²) in [5, 5.41) is 0. The second-order valence-electron chi connectivity index (χ2n) is 4.74. The first-order chi connectivity index (χ1) is 8.29. The molecule has 0 aromatic heterocycles. The molecule has 2 N–H and O–H groups in total. The molecule has 0 bridgehead atoms. The molecule has 0 fully saturated rings. The van der Waals surface area contributed by atoms with Gasteiger partial charge in [0, 0.05) is 19.5 Å². The third-order valence-corrected chi connectivity index (χ3v) is 3.27. The van der Waals surface area contributed by atoms with E-state index in [2.05, 4.69) is 30.1 Å². The van der Waals surface area contributed by atoms with Gasteiger partial charge in [-0.05, 0) is 43.6 Å². The van der Waals surface area contributed by atoms with Crippen LogP contribution in [0, 0.1) is 0 Å². The largest absolute Gasteiger partial charge is 0.493 e. The summed E-state index contributed by atoms with van der Waals surface area (Å²) >= 11 is 0. The molecule has 17 heavy (non-hydrogen) atoms. The molecule has 1 aromatic carbocycles. The summed E-state index contributed by atoms with van der Waals surface area (Å²) < 4.78 is 5.51. The average molecular weight is 234 g/mol. The lowest BCUT2D eigenvalue weighted by Gasteiger charge is -2.14. The van der Waals surface area contributed by atoms with Crippen LogP contribution in [0.4, 0.5) is 0 Å². The zero-order chi connectivity index (χ0) is 12.1. The molecule has 0 spiro atoms. The van der Waals surface area contributed by atoms with Gasteiger partial charge >= 0.3 is 0 Å². The van der Waals surface area contributed by atoms with Gasteiger partial charge in [0.25, 0.3) is 0 Å². The molecule has 94 valence electrons. The molecular formula is C14H22N2O. The molecule has 0 unspecified atom stereocenters. The number of ether oxygens (including phenoxy) is 1. The number of hydrogen-bond donors (Lipinski definition) is 1. The lowest BCUT2D eigenvalue weighted by Crippen LogP contribution is -2.26. The van der Waals surface area contributed by atoms with Crippen molar-refractivity contribution in [1.29, 1.82) is 0 Å². The van der Waals surface area contributed by atoms with E-state index in [0.29, 0.717) is 0 Å². The van der Waals surface area contributed by atoms with Crippen molar-refractivity contribution in [3.05, 3.63) is 29.3 Å². The van der Waals surface area contributed by atoms with E-state index < -0.39 is 0 Å². The highest BCUT2D eigenvalue weighted by Crippen LogP contribution is 2.26. The van der Waals surface area contributed by atoms with Crippen molar-refractivity contribution < 1.29 is 4.74 Å². The minimum atomic E-state index is 0.743. The summed E-state index contributed by atoms with van der Waals surface area (Å²) in [6.45, 7) is 3.69. The van der Waals surface area contributed by atoms with E-state index in [0.717, 1.165) is 44.8 Å². The van der Waals surface area contributed by atoms with Crippen LogP contribution >= 0.6 is 0 Å². The Hall–Kier alpha value is -1.06. The van der Waals surface area contributed by atoms with Gasteiger partial charge in [-0.1, -0.05) is 12.1 Å². The Morgan fingerprint density at radius 1 is 1.35 bits per heavy atom. The van der Waals surface area contributed by atoms with E-state index in [9.17, 15) is 0 Å². The molecule has 0 aliphatic carbocycles. The number of fused-ring (bicyclic) bond motifs is 1. The number of aryl methyl sites for hydroxylation is 1. The Morgan fingerprint density at radius 3 is 3.06 bits per heavy atom. The fraction of sp³-hybridized carbons (Fsp3) is 0.571. The van der Waals surface area contributed by atoms with Crippen molar-refractivity contribution in [3.63, 3.8) is 0 Å². The molecule has 0 amide bonds. The molecule has 3 heteroatoms. The molecule has 1 aliphatic rings. The Balaban J connectivity index is 1.79. The van der Waals surface area contributed by atoms with Gasteiger partial charge in [0.15, 0.2) is 0 Å². The van der Waals surface area contributed by atoms with Crippen LogP contribution in [0.2, 0.25) is 0 Å². The van der Waals surface area contributed by atoms with Gasteiger partial charge in [0.2, 0.25) is 0 Å². The maximum atomic E-state index is 5.52. The maximum absolute atomic E-state index is 5.52. The Kier molecular flexibility index (Phi) is 4.40. The normalized spacial score (nSPS) is 13.8. The highest BCUT2D eigenvalue weighted by molar-refractivity contribution is 5.39. The summed E-state index contributed by atoms with van der Waals surface area (Å²) in [6, 6.07) is 6.60. The molecule has 3 nitrogen and oxygen atoms in total. The van der Waals surface area contributed by atoms with Crippen LogP contribution in [0.25, 0.3) is 0 Å². The molecule has 2 rings (SSSR count). The van der Waals surface area contributed by atoms with Gasteiger partial charge in [0.1, 0.15) is 5.75 Å². The summed E-state index contributed by atoms with van der Waals surface area (Å²) in [4.78, 5) is 2.29. The SMILES string of the molecule is CN(CCN)CCCc1ccc2c(c1)CCO2. The van der Waals surface area contributed by atoms with Crippen molar-refractivity contribution >= 4 is 0 Å². The van der Waals surface area contributed by atoms with E-state index in [1.807, 2.05) is 0 Å². The molecule has 0 saturated carbocycles. The first-order valence-corrected chi connectivity index (χ1v) is 6.43. The van der Waals surface area contributed by atoms with E-state index in [4.69, 9.17) is 10.5 Å². The van der Waals surface area contributed by atoms with Crippen LogP contribution in [-0.2, 0) is 12.8 Å². The maximum Gasteiger partial charge on any atom is 0.122 e. The third-order valence-electron chi connectivity index (χ3n) is 3.27. The van der Waals surface area contributed by atoms with Crippen LogP contribution in [0.1, 0.15) is 17.5 Å². The Bertz CT molecular complexity index is 365. The Morgan fingerprint density at radius 2 is 2.24 bits per heavy atom. The number of nitrogens with zero attached hydrogens (tertiary/aromatic N) is 1. The van der Waals surface area contributed by atoms with Crippen LogP contribution in [-0.4, -0.2) is 38.2 Å². The summed E-state index contributed by atoms with van der Waals surface area (Å²) in [5.41, 5.74) is 8.32. The van der Waals surface area contributed by atoms with Gasteiger partial charge in [-0.25, -0.2) is 0 Å². The van der Waals surface area contributed by atoms with E-state index in [-0.39, 0.29) is 0 Å². The molecule has 0 saturated heterocycles. The summed E-state index contributed by atoms with van der Waals surface area (Å²) in [7, 11) is 2.13. The molecule has 1 heterocycles.